The maximum Gasteiger partial charge on any atom is 0.225 e. The fraction of sp³-hybridized carbons (Fsp3) is 0.238. The fourth-order valence-electron chi connectivity index (χ4n) is 3.72. The van der Waals surface area contributed by atoms with Gasteiger partial charge in [-0.3, -0.25) is 9.78 Å². The van der Waals surface area contributed by atoms with Crippen LogP contribution in [0.2, 0.25) is 0 Å². The number of rotatable bonds is 3. The third-order valence-electron chi connectivity index (χ3n) is 5.24. The molecule has 1 amide bonds. The van der Waals surface area contributed by atoms with Crippen molar-refractivity contribution in [3.63, 3.8) is 0 Å². The molecule has 0 spiro atoms. The van der Waals surface area contributed by atoms with Gasteiger partial charge in [-0.25, -0.2) is 9.97 Å². The highest BCUT2D eigenvalue weighted by molar-refractivity contribution is 5.93. The summed E-state index contributed by atoms with van der Waals surface area (Å²) in [5.74, 6) is 0.761. The Morgan fingerprint density at radius 2 is 2.04 bits per heavy atom. The molecule has 6 nitrogen and oxygen atoms in total. The van der Waals surface area contributed by atoms with Crippen molar-refractivity contribution >= 4 is 28.3 Å². The van der Waals surface area contributed by atoms with Crippen LogP contribution in [0, 0.1) is 6.92 Å². The average Bonchev–Trinajstić information content (AvgIpc) is 3.02. The van der Waals surface area contributed by atoms with E-state index in [4.69, 9.17) is 4.98 Å². The second-order valence-corrected chi connectivity index (χ2v) is 6.95. The summed E-state index contributed by atoms with van der Waals surface area (Å²) in [6.07, 6.45) is 6.72. The first-order valence-electron chi connectivity index (χ1n) is 9.19. The third kappa shape index (κ3) is 2.73. The van der Waals surface area contributed by atoms with E-state index in [1.165, 1.54) is 0 Å². The van der Waals surface area contributed by atoms with Gasteiger partial charge in [0.1, 0.15) is 11.5 Å². The van der Waals surface area contributed by atoms with Gasteiger partial charge < -0.3 is 9.72 Å². The molecule has 134 valence electrons. The molecule has 0 aromatic carbocycles. The van der Waals surface area contributed by atoms with Gasteiger partial charge in [0.25, 0.3) is 0 Å². The van der Waals surface area contributed by atoms with Gasteiger partial charge in [0.15, 0.2) is 0 Å². The summed E-state index contributed by atoms with van der Waals surface area (Å²) >= 11 is 0. The van der Waals surface area contributed by atoms with Crippen molar-refractivity contribution in [2.24, 2.45) is 0 Å². The minimum atomic E-state index is 0.0452. The summed E-state index contributed by atoms with van der Waals surface area (Å²) in [5.41, 5.74) is 6.18. The summed E-state index contributed by atoms with van der Waals surface area (Å²) in [4.78, 5) is 25.5. The number of carbonyl (C=O) groups is 1. The molecule has 4 aromatic heterocycles. The largest absolute Gasteiger partial charge is 0.310 e. The lowest BCUT2D eigenvalue weighted by Gasteiger charge is -2.16. The summed E-state index contributed by atoms with van der Waals surface area (Å²) in [5, 5.41) is 3.93. The summed E-state index contributed by atoms with van der Waals surface area (Å²) in [6.45, 7) is 2.10. The zero-order chi connectivity index (χ0) is 18.4. The van der Waals surface area contributed by atoms with Gasteiger partial charge in [0.2, 0.25) is 5.91 Å². The third-order valence-corrected chi connectivity index (χ3v) is 5.24. The molecule has 4 aromatic rings. The molecule has 0 saturated carbocycles. The number of aromatic nitrogens is 4. The number of imidazole rings is 1. The Hall–Kier alpha value is -3.28. The van der Waals surface area contributed by atoms with E-state index in [1.54, 1.807) is 6.20 Å². The molecule has 0 radical (unpaired) electrons. The van der Waals surface area contributed by atoms with Crippen LogP contribution in [0.25, 0.3) is 16.6 Å². The van der Waals surface area contributed by atoms with E-state index < -0.39 is 0 Å². The molecule has 1 aliphatic heterocycles. The highest BCUT2D eigenvalue weighted by atomic mass is 16.1. The number of anilines is 1. The van der Waals surface area contributed by atoms with E-state index in [9.17, 15) is 4.79 Å². The van der Waals surface area contributed by atoms with Crippen LogP contribution in [0.3, 0.4) is 0 Å². The summed E-state index contributed by atoms with van der Waals surface area (Å²) < 4.78 is 2.12. The first kappa shape index (κ1) is 15.9. The van der Waals surface area contributed by atoms with E-state index in [0.717, 1.165) is 58.5 Å². The van der Waals surface area contributed by atoms with Crippen molar-refractivity contribution in [3.8, 4) is 0 Å². The molecule has 0 saturated heterocycles. The van der Waals surface area contributed by atoms with Crippen LogP contribution >= 0.6 is 0 Å². The molecular formula is C21H19N5O. The lowest BCUT2D eigenvalue weighted by Crippen LogP contribution is -2.20. The van der Waals surface area contributed by atoms with Crippen LogP contribution < -0.4 is 5.32 Å². The lowest BCUT2D eigenvalue weighted by atomic mass is 10.1. The molecule has 0 bridgehead atoms. The molecule has 1 aliphatic rings. The second-order valence-electron chi connectivity index (χ2n) is 6.95. The Bertz CT molecular complexity index is 1190. The first-order chi connectivity index (χ1) is 13.2. The van der Waals surface area contributed by atoms with Crippen molar-refractivity contribution in [1.82, 2.24) is 19.4 Å². The van der Waals surface area contributed by atoms with Crippen LogP contribution in [0.15, 0.2) is 42.7 Å². The molecule has 1 N–H and O–H groups in total. The number of pyridine rings is 3. The molecule has 0 fully saturated rings. The first-order valence-corrected chi connectivity index (χ1v) is 9.19. The SMILES string of the molecule is Cc1c(CCc2ccc3c(n2)NC(=O)CC3)nc2c3cccnc3ccn12. The fourth-order valence-corrected chi connectivity index (χ4v) is 3.72. The van der Waals surface area contributed by atoms with Crippen molar-refractivity contribution < 1.29 is 4.79 Å². The Labute approximate surface area is 156 Å². The van der Waals surface area contributed by atoms with Gasteiger partial charge in [0, 0.05) is 35.6 Å². The van der Waals surface area contributed by atoms with E-state index in [0.29, 0.717) is 12.2 Å². The Morgan fingerprint density at radius 1 is 1.11 bits per heavy atom. The monoisotopic (exact) mass is 357 g/mol. The lowest BCUT2D eigenvalue weighted by molar-refractivity contribution is -0.116. The molecule has 0 atom stereocenters. The zero-order valence-electron chi connectivity index (χ0n) is 15.1. The van der Waals surface area contributed by atoms with Crippen molar-refractivity contribution in [3.05, 3.63) is 65.4 Å². The van der Waals surface area contributed by atoms with Crippen molar-refractivity contribution in [1.29, 1.82) is 0 Å². The van der Waals surface area contributed by atoms with Crippen molar-refractivity contribution in [2.75, 3.05) is 5.32 Å². The molecule has 27 heavy (non-hydrogen) atoms. The van der Waals surface area contributed by atoms with E-state index >= 15 is 0 Å². The van der Waals surface area contributed by atoms with Gasteiger partial charge in [0.05, 0.1) is 11.2 Å². The maximum absolute atomic E-state index is 11.6. The standard InChI is InChI=1S/C21H19N5O/c1-13-17(24-21-16-3-2-11-22-18(16)10-12-26(13)21)8-7-15-6-4-14-5-9-19(27)25-20(14)23-15/h2-4,6,10-12H,5,7-9H2,1H3,(H,23,25,27). The van der Waals surface area contributed by atoms with Crippen LogP contribution in [0.1, 0.15) is 29.1 Å². The second kappa shape index (κ2) is 6.16. The summed E-state index contributed by atoms with van der Waals surface area (Å²) in [6, 6.07) is 10.2. The number of nitrogens with zero attached hydrogens (tertiary/aromatic N) is 4. The highest BCUT2D eigenvalue weighted by Gasteiger charge is 2.17. The Kier molecular flexibility index (Phi) is 3.63. The molecule has 6 heteroatoms. The number of hydrogen-bond donors (Lipinski definition) is 1. The number of aryl methyl sites for hydroxylation is 4. The number of nitrogens with one attached hydrogen (secondary N) is 1. The van der Waals surface area contributed by atoms with Gasteiger partial charge in [-0.05, 0) is 56.0 Å². The minimum Gasteiger partial charge on any atom is -0.310 e. The minimum absolute atomic E-state index is 0.0452. The summed E-state index contributed by atoms with van der Waals surface area (Å²) in [7, 11) is 0. The Balaban J connectivity index is 1.45. The van der Waals surface area contributed by atoms with Crippen LogP contribution in [0.4, 0.5) is 5.82 Å². The highest BCUT2D eigenvalue weighted by Crippen LogP contribution is 2.23. The van der Waals surface area contributed by atoms with E-state index in [2.05, 4.69) is 44.8 Å². The predicted octanol–water partition coefficient (Wildman–Crippen LogP) is 3.26. The molecular weight excluding hydrogens is 338 g/mol. The van der Waals surface area contributed by atoms with E-state index in [1.807, 2.05) is 18.3 Å². The Morgan fingerprint density at radius 3 is 2.96 bits per heavy atom. The van der Waals surface area contributed by atoms with Crippen LogP contribution in [0.5, 0.6) is 0 Å². The number of carbonyl (C=O) groups excluding carboxylic acids is 1. The zero-order valence-corrected chi connectivity index (χ0v) is 15.1. The number of hydrogen-bond acceptors (Lipinski definition) is 4. The van der Waals surface area contributed by atoms with Gasteiger partial charge in [-0.2, -0.15) is 0 Å². The van der Waals surface area contributed by atoms with Crippen molar-refractivity contribution in [2.45, 2.75) is 32.6 Å². The molecule has 0 aliphatic carbocycles. The number of fused-ring (bicyclic) bond motifs is 4. The normalized spacial score (nSPS) is 13.7. The molecule has 5 rings (SSSR count). The van der Waals surface area contributed by atoms with E-state index in [-0.39, 0.29) is 5.91 Å². The van der Waals surface area contributed by atoms with Gasteiger partial charge in [-0.15, -0.1) is 0 Å². The molecule has 5 heterocycles. The predicted molar refractivity (Wildman–Crippen MR) is 104 cm³/mol. The maximum atomic E-state index is 11.6. The topological polar surface area (TPSA) is 72.2 Å². The number of amides is 1. The van der Waals surface area contributed by atoms with Crippen LogP contribution in [-0.2, 0) is 24.1 Å². The average molecular weight is 357 g/mol. The quantitative estimate of drug-likeness (QED) is 0.611. The van der Waals surface area contributed by atoms with Crippen LogP contribution in [-0.4, -0.2) is 25.3 Å². The van der Waals surface area contributed by atoms with Gasteiger partial charge >= 0.3 is 0 Å². The smallest absolute Gasteiger partial charge is 0.225 e. The van der Waals surface area contributed by atoms with Gasteiger partial charge in [-0.1, -0.05) is 6.07 Å². The molecule has 0 unspecified atom stereocenters.